The highest BCUT2D eigenvalue weighted by molar-refractivity contribution is 5.93. The number of amides is 1. The molecule has 0 fully saturated rings. The van der Waals surface area contributed by atoms with Crippen LogP contribution in [0.5, 0.6) is 0 Å². The van der Waals surface area contributed by atoms with Crippen LogP contribution in [0.1, 0.15) is 42.5 Å². The average Bonchev–Trinajstić information content (AvgIpc) is 3.14. The van der Waals surface area contributed by atoms with E-state index in [1.165, 1.54) is 7.11 Å². The SMILES string of the molecule is COC(=O)c1ccc(C=Cc2cnc3nc(NC(=O)C(C)(C)C)[nH]c(=O)c3c2)[nH]1. The zero-order chi connectivity index (χ0) is 21.2. The Labute approximate surface area is 166 Å². The lowest BCUT2D eigenvalue weighted by Gasteiger charge is -2.16. The summed E-state index contributed by atoms with van der Waals surface area (Å²) in [4.78, 5) is 49.8. The molecule has 0 aliphatic carbocycles. The lowest BCUT2D eigenvalue weighted by Crippen LogP contribution is -2.29. The second kappa shape index (κ2) is 7.70. The Morgan fingerprint density at radius 2 is 1.93 bits per heavy atom. The fourth-order valence-corrected chi connectivity index (χ4v) is 2.41. The van der Waals surface area contributed by atoms with E-state index in [0.29, 0.717) is 22.3 Å². The van der Waals surface area contributed by atoms with Gasteiger partial charge in [-0.05, 0) is 29.8 Å². The number of aromatic nitrogens is 4. The smallest absolute Gasteiger partial charge is 0.354 e. The van der Waals surface area contributed by atoms with Crippen molar-refractivity contribution in [3.63, 3.8) is 0 Å². The van der Waals surface area contributed by atoms with Gasteiger partial charge >= 0.3 is 5.97 Å². The number of fused-ring (bicyclic) bond motifs is 1. The van der Waals surface area contributed by atoms with E-state index in [1.807, 2.05) is 0 Å². The van der Waals surface area contributed by atoms with Crippen molar-refractivity contribution in [3.05, 3.63) is 51.7 Å². The molecule has 0 aliphatic rings. The van der Waals surface area contributed by atoms with Crippen LogP contribution >= 0.6 is 0 Å². The average molecular weight is 395 g/mol. The molecule has 0 spiro atoms. The highest BCUT2D eigenvalue weighted by atomic mass is 16.5. The van der Waals surface area contributed by atoms with E-state index in [9.17, 15) is 14.4 Å². The summed E-state index contributed by atoms with van der Waals surface area (Å²) >= 11 is 0. The molecule has 3 N–H and O–H groups in total. The van der Waals surface area contributed by atoms with Gasteiger partial charge in [0.1, 0.15) is 5.69 Å². The molecule has 3 aromatic heterocycles. The first-order valence-electron chi connectivity index (χ1n) is 8.84. The second-order valence-electron chi connectivity index (χ2n) is 7.41. The second-order valence-corrected chi connectivity index (χ2v) is 7.41. The molecule has 0 bridgehead atoms. The molecule has 0 saturated heterocycles. The van der Waals surface area contributed by atoms with Crippen molar-refractivity contribution in [2.75, 3.05) is 12.4 Å². The van der Waals surface area contributed by atoms with Gasteiger partial charge in [-0.15, -0.1) is 0 Å². The minimum Gasteiger partial charge on any atom is -0.464 e. The number of nitrogens with zero attached hydrogens (tertiary/aromatic N) is 2. The quantitative estimate of drug-likeness (QED) is 0.582. The van der Waals surface area contributed by atoms with Crippen LogP contribution in [0.3, 0.4) is 0 Å². The first-order valence-corrected chi connectivity index (χ1v) is 8.84. The third-order valence-electron chi connectivity index (χ3n) is 4.06. The maximum atomic E-state index is 12.4. The summed E-state index contributed by atoms with van der Waals surface area (Å²) < 4.78 is 4.65. The van der Waals surface area contributed by atoms with Crippen LogP contribution in [0.15, 0.2) is 29.2 Å². The molecule has 0 radical (unpaired) electrons. The third-order valence-corrected chi connectivity index (χ3v) is 4.06. The number of aromatic amines is 2. The van der Waals surface area contributed by atoms with E-state index < -0.39 is 16.9 Å². The summed E-state index contributed by atoms with van der Waals surface area (Å²) in [6, 6.07) is 4.99. The molecule has 1 amide bonds. The summed E-state index contributed by atoms with van der Waals surface area (Å²) in [5.41, 5.74) is 0.900. The Morgan fingerprint density at radius 1 is 1.17 bits per heavy atom. The molecule has 0 aromatic carbocycles. The van der Waals surface area contributed by atoms with Gasteiger partial charge in [-0.2, -0.15) is 4.98 Å². The molecule has 29 heavy (non-hydrogen) atoms. The predicted octanol–water partition coefficient (Wildman–Crippen LogP) is 2.59. The van der Waals surface area contributed by atoms with Gasteiger partial charge < -0.3 is 9.72 Å². The highest BCUT2D eigenvalue weighted by Crippen LogP contribution is 2.16. The monoisotopic (exact) mass is 395 g/mol. The van der Waals surface area contributed by atoms with Crippen molar-refractivity contribution in [2.45, 2.75) is 20.8 Å². The van der Waals surface area contributed by atoms with Crippen LogP contribution in [0.2, 0.25) is 0 Å². The summed E-state index contributed by atoms with van der Waals surface area (Å²) in [5, 5.41) is 2.88. The van der Waals surface area contributed by atoms with Crippen LogP contribution in [-0.2, 0) is 9.53 Å². The van der Waals surface area contributed by atoms with Crippen LogP contribution in [0.4, 0.5) is 5.95 Å². The van der Waals surface area contributed by atoms with Gasteiger partial charge in [0, 0.05) is 17.3 Å². The van der Waals surface area contributed by atoms with Crippen molar-refractivity contribution < 1.29 is 14.3 Å². The van der Waals surface area contributed by atoms with Crippen molar-refractivity contribution >= 4 is 41.0 Å². The first kappa shape index (κ1) is 20.0. The number of hydrogen-bond acceptors (Lipinski definition) is 6. The number of nitrogens with one attached hydrogen (secondary N) is 3. The number of pyridine rings is 1. The molecule has 0 atom stereocenters. The van der Waals surface area contributed by atoms with Crippen LogP contribution in [0.25, 0.3) is 23.2 Å². The predicted molar refractivity (Wildman–Crippen MR) is 109 cm³/mol. The van der Waals surface area contributed by atoms with Crippen molar-refractivity contribution in [2.24, 2.45) is 5.41 Å². The normalized spacial score (nSPS) is 11.7. The van der Waals surface area contributed by atoms with E-state index in [0.717, 1.165) is 0 Å². The molecule has 0 saturated carbocycles. The number of hydrogen-bond donors (Lipinski definition) is 3. The fourth-order valence-electron chi connectivity index (χ4n) is 2.41. The maximum absolute atomic E-state index is 12.4. The van der Waals surface area contributed by atoms with Crippen molar-refractivity contribution in [1.82, 2.24) is 19.9 Å². The number of esters is 1. The highest BCUT2D eigenvalue weighted by Gasteiger charge is 2.22. The Morgan fingerprint density at radius 3 is 2.62 bits per heavy atom. The topological polar surface area (TPSA) is 130 Å². The molecule has 9 heteroatoms. The molecule has 3 heterocycles. The number of methoxy groups -OCH3 is 1. The summed E-state index contributed by atoms with van der Waals surface area (Å²) in [6.07, 6.45) is 5.05. The number of carbonyl (C=O) groups is 2. The Hall–Kier alpha value is -3.75. The van der Waals surface area contributed by atoms with E-state index in [4.69, 9.17) is 0 Å². The zero-order valence-electron chi connectivity index (χ0n) is 16.5. The van der Waals surface area contributed by atoms with Gasteiger partial charge in [-0.25, -0.2) is 9.78 Å². The molecule has 3 aromatic rings. The number of anilines is 1. The van der Waals surface area contributed by atoms with Crippen molar-refractivity contribution in [3.8, 4) is 0 Å². The maximum Gasteiger partial charge on any atom is 0.354 e. The Kier molecular flexibility index (Phi) is 5.31. The van der Waals surface area contributed by atoms with Crippen molar-refractivity contribution in [1.29, 1.82) is 0 Å². The molecule has 0 aliphatic heterocycles. The molecule has 9 nitrogen and oxygen atoms in total. The Bertz CT molecular complexity index is 1170. The standard InChI is InChI=1S/C20H21N5O4/c1-20(2,3)18(28)25-19-23-15-13(16(26)24-19)9-11(10-21-15)5-6-12-7-8-14(22-12)17(27)29-4/h5-10,22H,1-4H3,(H2,21,23,24,25,26,28). The number of H-pyrrole nitrogens is 2. The van der Waals surface area contributed by atoms with E-state index in [-0.39, 0.29) is 17.5 Å². The summed E-state index contributed by atoms with van der Waals surface area (Å²) in [6.45, 7) is 5.28. The lowest BCUT2D eigenvalue weighted by molar-refractivity contribution is -0.123. The molecular weight excluding hydrogens is 374 g/mol. The van der Waals surface area contributed by atoms with Gasteiger partial charge in [-0.3, -0.25) is 19.9 Å². The summed E-state index contributed by atoms with van der Waals surface area (Å²) in [5.74, 6) is -0.666. The lowest BCUT2D eigenvalue weighted by atomic mass is 9.96. The van der Waals surface area contributed by atoms with Crippen LogP contribution in [-0.4, -0.2) is 38.9 Å². The van der Waals surface area contributed by atoms with Gasteiger partial charge in [0.2, 0.25) is 11.9 Å². The zero-order valence-corrected chi connectivity index (χ0v) is 16.5. The van der Waals surface area contributed by atoms with E-state index >= 15 is 0 Å². The third kappa shape index (κ3) is 4.57. The minimum atomic E-state index is -0.624. The molecule has 0 unspecified atom stereocenters. The van der Waals surface area contributed by atoms with Gasteiger partial charge in [-0.1, -0.05) is 26.8 Å². The molecule has 150 valence electrons. The van der Waals surface area contributed by atoms with Crippen LogP contribution < -0.4 is 10.9 Å². The van der Waals surface area contributed by atoms with Gasteiger partial charge in [0.25, 0.3) is 5.56 Å². The Balaban J connectivity index is 1.85. The van der Waals surface area contributed by atoms with E-state index in [1.54, 1.807) is 57.3 Å². The van der Waals surface area contributed by atoms with Crippen LogP contribution in [0, 0.1) is 5.41 Å². The number of rotatable bonds is 4. The van der Waals surface area contributed by atoms with E-state index in [2.05, 4.69) is 30.0 Å². The van der Waals surface area contributed by atoms with Gasteiger partial charge in [0.05, 0.1) is 12.5 Å². The molecule has 3 rings (SSSR count). The summed E-state index contributed by atoms with van der Waals surface area (Å²) in [7, 11) is 1.31. The number of ether oxygens (including phenoxy) is 1. The molecular formula is C20H21N5O4. The fraction of sp³-hybridized carbons (Fsp3) is 0.250. The number of carbonyl (C=O) groups excluding carboxylic acids is 2. The minimum absolute atomic E-state index is 0.0555. The van der Waals surface area contributed by atoms with Gasteiger partial charge in [0.15, 0.2) is 5.65 Å². The largest absolute Gasteiger partial charge is 0.464 e. The first-order chi connectivity index (χ1) is 13.7.